The van der Waals surface area contributed by atoms with Gasteiger partial charge in [-0.3, -0.25) is 0 Å². The molecule has 0 N–H and O–H groups in total. The van der Waals surface area contributed by atoms with Crippen molar-refractivity contribution in [2.45, 2.75) is 0 Å². The minimum Gasteiger partial charge on any atom is -0.309 e. The largest absolute Gasteiger partial charge is 0.309 e. The van der Waals surface area contributed by atoms with Gasteiger partial charge in [0, 0.05) is 32.8 Å². The standard InChI is InChI=1S/C45H28N4/c1-2-14-29(15-3-1)43-46-44(48-45(47-43)39-27-31-17-4-6-18-33(31)35-20-8-9-21-36(35)39)32-26-30-16-5-7-19-34(30)42(28-32)49-40-24-12-10-22-37(40)38-23-11-13-25-41(38)49/h1-28H. The molecule has 0 aliphatic heterocycles. The van der Waals surface area contributed by atoms with Crippen LogP contribution < -0.4 is 0 Å². The van der Waals surface area contributed by atoms with Gasteiger partial charge in [0.2, 0.25) is 0 Å². The number of fused-ring (bicyclic) bond motifs is 7. The summed E-state index contributed by atoms with van der Waals surface area (Å²) in [6, 6.07) is 59.8. The van der Waals surface area contributed by atoms with Gasteiger partial charge in [-0.2, -0.15) is 0 Å². The fourth-order valence-corrected chi connectivity index (χ4v) is 7.37. The minimum absolute atomic E-state index is 0.633. The van der Waals surface area contributed by atoms with Gasteiger partial charge in [-0.05, 0) is 57.3 Å². The van der Waals surface area contributed by atoms with Crippen molar-refractivity contribution >= 4 is 54.1 Å². The van der Waals surface area contributed by atoms with Crippen LogP contribution in [0, 0.1) is 0 Å². The second kappa shape index (κ2) is 11.0. The molecule has 0 saturated heterocycles. The van der Waals surface area contributed by atoms with Crippen molar-refractivity contribution < 1.29 is 0 Å². The van der Waals surface area contributed by atoms with E-state index < -0.39 is 0 Å². The van der Waals surface area contributed by atoms with E-state index in [1.54, 1.807) is 0 Å². The van der Waals surface area contributed by atoms with Crippen molar-refractivity contribution in [2.75, 3.05) is 0 Å². The zero-order valence-corrected chi connectivity index (χ0v) is 26.5. The molecule has 2 aromatic heterocycles. The zero-order valence-electron chi connectivity index (χ0n) is 26.5. The maximum atomic E-state index is 5.28. The van der Waals surface area contributed by atoms with Gasteiger partial charge in [0.1, 0.15) is 0 Å². The molecule has 4 nitrogen and oxygen atoms in total. The highest BCUT2D eigenvalue weighted by Gasteiger charge is 2.19. The van der Waals surface area contributed by atoms with Gasteiger partial charge in [0.05, 0.1) is 16.7 Å². The molecule has 0 saturated carbocycles. The van der Waals surface area contributed by atoms with Crippen molar-refractivity contribution in [3.05, 3.63) is 170 Å². The Balaban J connectivity index is 1.28. The first-order chi connectivity index (χ1) is 24.3. The van der Waals surface area contributed by atoms with Crippen LogP contribution in [0.3, 0.4) is 0 Å². The Morgan fingerprint density at radius 1 is 0.327 bits per heavy atom. The van der Waals surface area contributed by atoms with Crippen LogP contribution in [0.25, 0.3) is 94.0 Å². The van der Waals surface area contributed by atoms with Gasteiger partial charge in [0.15, 0.2) is 17.5 Å². The average molecular weight is 625 g/mol. The molecule has 2 heterocycles. The number of aromatic nitrogens is 4. The molecule has 10 aromatic rings. The molecule has 0 amide bonds. The molecule has 0 aliphatic rings. The van der Waals surface area contributed by atoms with Crippen LogP contribution in [0.1, 0.15) is 0 Å². The first-order valence-corrected chi connectivity index (χ1v) is 16.5. The second-order valence-electron chi connectivity index (χ2n) is 12.4. The summed E-state index contributed by atoms with van der Waals surface area (Å²) in [7, 11) is 0. The summed E-state index contributed by atoms with van der Waals surface area (Å²) < 4.78 is 2.38. The lowest BCUT2D eigenvalue weighted by Gasteiger charge is -2.15. The van der Waals surface area contributed by atoms with E-state index in [4.69, 9.17) is 15.0 Å². The third-order valence-corrected chi connectivity index (χ3v) is 9.60. The van der Waals surface area contributed by atoms with Gasteiger partial charge in [-0.1, -0.05) is 140 Å². The van der Waals surface area contributed by atoms with Gasteiger partial charge < -0.3 is 4.57 Å². The maximum absolute atomic E-state index is 5.28. The summed E-state index contributed by atoms with van der Waals surface area (Å²) >= 11 is 0. The average Bonchev–Trinajstić information content (AvgIpc) is 3.51. The molecule has 0 aliphatic carbocycles. The van der Waals surface area contributed by atoms with Crippen LogP contribution in [0.15, 0.2) is 170 Å². The first-order valence-electron chi connectivity index (χ1n) is 16.5. The third kappa shape index (κ3) is 4.42. The van der Waals surface area contributed by atoms with Crippen molar-refractivity contribution in [2.24, 2.45) is 0 Å². The summed E-state index contributed by atoms with van der Waals surface area (Å²) in [5.41, 5.74) is 6.27. The third-order valence-electron chi connectivity index (χ3n) is 9.60. The van der Waals surface area contributed by atoms with E-state index in [1.807, 2.05) is 18.2 Å². The molecule has 0 fully saturated rings. The fraction of sp³-hybridized carbons (Fsp3) is 0. The lowest BCUT2D eigenvalue weighted by molar-refractivity contribution is 1.08. The van der Waals surface area contributed by atoms with Crippen LogP contribution in [-0.4, -0.2) is 19.5 Å². The quantitative estimate of drug-likeness (QED) is 0.183. The predicted octanol–water partition coefficient (Wildman–Crippen LogP) is 11.4. The summed E-state index contributed by atoms with van der Waals surface area (Å²) in [4.78, 5) is 15.6. The monoisotopic (exact) mass is 624 g/mol. The molecule has 0 bridgehead atoms. The summed E-state index contributed by atoms with van der Waals surface area (Å²) in [5, 5.41) is 9.39. The van der Waals surface area contributed by atoms with Crippen molar-refractivity contribution in [3.8, 4) is 39.9 Å². The Bertz CT molecular complexity index is 2830. The van der Waals surface area contributed by atoms with E-state index in [9.17, 15) is 0 Å². The van der Waals surface area contributed by atoms with Gasteiger partial charge in [-0.25, -0.2) is 15.0 Å². The normalized spacial score (nSPS) is 11.7. The molecule has 228 valence electrons. The lowest BCUT2D eigenvalue weighted by Crippen LogP contribution is -2.02. The zero-order chi connectivity index (χ0) is 32.3. The first kappa shape index (κ1) is 27.5. The Hall–Kier alpha value is -6.65. The van der Waals surface area contributed by atoms with E-state index >= 15 is 0 Å². The molecular weight excluding hydrogens is 597 g/mol. The molecule has 0 radical (unpaired) electrons. The SMILES string of the molecule is c1ccc(-c2nc(-c3cc(-n4c5ccccc5c5ccccc54)c4ccccc4c3)nc(-c3cc4ccccc4c4ccccc34)n2)cc1. The van der Waals surface area contributed by atoms with Crippen molar-refractivity contribution in [1.82, 2.24) is 19.5 Å². The van der Waals surface area contributed by atoms with E-state index in [1.165, 1.54) is 21.5 Å². The number of hydrogen-bond donors (Lipinski definition) is 0. The van der Waals surface area contributed by atoms with E-state index in [2.05, 4.69) is 156 Å². The summed E-state index contributed by atoms with van der Waals surface area (Å²) in [6.07, 6.45) is 0. The number of para-hydroxylation sites is 2. The smallest absolute Gasteiger partial charge is 0.164 e. The molecule has 0 spiro atoms. The molecule has 0 atom stereocenters. The minimum atomic E-state index is 0.633. The molecule has 10 rings (SSSR count). The van der Waals surface area contributed by atoms with Crippen LogP contribution in [0.5, 0.6) is 0 Å². The number of hydrogen-bond acceptors (Lipinski definition) is 3. The number of nitrogens with zero attached hydrogens (tertiary/aromatic N) is 4. The van der Waals surface area contributed by atoms with E-state index in [-0.39, 0.29) is 0 Å². The highest BCUT2D eigenvalue weighted by Crippen LogP contribution is 2.38. The maximum Gasteiger partial charge on any atom is 0.164 e. The molecule has 0 unspecified atom stereocenters. The highest BCUT2D eigenvalue weighted by molar-refractivity contribution is 6.13. The van der Waals surface area contributed by atoms with Gasteiger partial charge in [-0.15, -0.1) is 0 Å². The topological polar surface area (TPSA) is 43.6 Å². The molecule has 4 heteroatoms. The second-order valence-corrected chi connectivity index (χ2v) is 12.4. The summed E-state index contributed by atoms with van der Waals surface area (Å²) in [5.74, 6) is 1.93. The van der Waals surface area contributed by atoms with Crippen molar-refractivity contribution in [3.63, 3.8) is 0 Å². The predicted molar refractivity (Wildman–Crippen MR) is 203 cm³/mol. The van der Waals surface area contributed by atoms with E-state index in [0.717, 1.165) is 55.0 Å². The van der Waals surface area contributed by atoms with Crippen LogP contribution >= 0.6 is 0 Å². The van der Waals surface area contributed by atoms with E-state index in [0.29, 0.717) is 17.5 Å². The number of rotatable bonds is 4. The molecule has 49 heavy (non-hydrogen) atoms. The Kier molecular flexibility index (Phi) is 6.15. The lowest BCUT2D eigenvalue weighted by atomic mass is 9.97. The van der Waals surface area contributed by atoms with Gasteiger partial charge >= 0.3 is 0 Å². The Labute approximate surface area is 282 Å². The Morgan fingerprint density at radius 3 is 1.51 bits per heavy atom. The van der Waals surface area contributed by atoms with Crippen LogP contribution in [0.4, 0.5) is 0 Å². The number of benzene rings is 8. The van der Waals surface area contributed by atoms with Crippen LogP contribution in [-0.2, 0) is 0 Å². The highest BCUT2D eigenvalue weighted by atomic mass is 15.0. The van der Waals surface area contributed by atoms with Gasteiger partial charge in [0.25, 0.3) is 0 Å². The Morgan fingerprint density at radius 2 is 0.816 bits per heavy atom. The fourth-order valence-electron chi connectivity index (χ4n) is 7.37. The summed E-state index contributed by atoms with van der Waals surface area (Å²) in [6.45, 7) is 0. The van der Waals surface area contributed by atoms with Crippen molar-refractivity contribution in [1.29, 1.82) is 0 Å². The molecule has 8 aromatic carbocycles. The van der Waals surface area contributed by atoms with Crippen LogP contribution in [0.2, 0.25) is 0 Å². The molecular formula is C45H28N4.